The van der Waals surface area contributed by atoms with Crippen molar-refractivity contribution in [3.63, 3.8) is 0 Å². The van der Waals surface area contributed by atoms with E-state index in [0.29, 0.717) is 18.2 Å². The minimum atomic E-state index is -1.07. The monoisotopic (exact) mass is 360 g/mol. The van der Waals surface area contributed by atoms with Gasteiger partial charge in [-0.25, -0.2) is 9.59 Å². The van der Waals surface area contributed by atoms with Crippen LogP contribution in [0.25, 0.3) is 0 Å². The molecule has 2 amide bonds. The maximum absolute atomic E-state index is 11.4. The van der Waals surface area contributed by atoms with Crippen LogP contribution in [0.3, 0.4) is 0 Å². The Balaban J connectivity index is 0.00000264. The van der Waals surface area contributed by atoms with Crippen LogP contribution in [-0.4, -0.2) is 36.7 Å². The van der Waals surface area contributed by atoms with Gasteiger partial charge in [-0.05, 0) is 37.0 Å². The predicted molar refractivity (Wildman–Crippen MR) is 91.0 cm³/mol. The van der Waals surface area contributed by atoms with Crippen LogP contribution >= 0.6 is 24.0 Å². The summed E-state index contributed by atoms with van der Waals surface area (Å²) in [6, 6.07) is 3.82. The first kappa shape index (κ1) is 19.1. The van der Waals surface area contributed by atoms with Gasteiger partial charge in [-0.1, -0.05) is 11.6 Å². The lowest BCUT2D eigenvalue weighted by Crippen LogP contribution is -2.47. The number of hydrogen-bond donors (Lipinski definition) is 4. The minimum Gasteiger partial charge on any atom is -0.478 e. The van der Waals surface area contributed by atoms with Gasteiger partial charge in [0.15, 0.2) is 0 Å². The normalized spacial score (nSPS) is 12.8. The largest absolute Gasteiger partial charge is 0.478 e. The van der Waals surface area contributed by atoms with Crippen molar-refractivity contribution in [2.75, 3.05) is 18.5 Å². The molecule has 9 heteroatoms. The zero-order chi connectivity index (χ0) is 16.3. The van der Waals surface area contributed by atoms with Crippen LogP contribution in [0.2, 0.25) is 5.02 Å². The quantitative estimate of drug-likeness (QED) is 0.488. The van der Waals surface area contributed by atoms with Crippen molar-refractivity contribution in [3.8, 4) is 0 Å². The molecule has 0 aliphatic heterocycles. The summed E-state index contributed by atoms with van der Waals surface area (Å²) in [6.07, 6.45) is 2.13. The van der Waals surface area contributed by atoms with Gasteiger partial charge < -0.3 is 15.3 Å². The number of anilines is 1. The van der Waals surface area contributed by atoms with Crippen LogP contribution in [0.1, 0.15) is 23.2 Å². The van der Waals surface area contributed by atoms with E-state index < -0.39 is 12.0 Å². The lowest BCUT2D eigenvalue weighted by Gasteiger charge is -2.26. The molecule has 0 aromatic heterocycles. The molecular formula is C14H18Cl2N4O3. The summed E-state index contributed by atoms with van der Waals surface area (Å²) in [5.41, 5.74) is 0.575. The maximum atomic E-state index is 11.4. The second-order valence-corrected chi connectivity index (χ2v) is 5.49. The van der Waals surface area contributed by atoms with Gasteiger partial charge in [0.2, 0.25) is 5.96 Å². The highest BCUT2D eigenvalue weighted by atomic mass is 35.5. The topological polar surface area (TPSA) is 106 Å². The third kappa shape index (κ3) is 5.01. The molecule has 1 aromatic carbocycles. The summed E-state index contributed by atoms with van der Waals surface area (Å²) in [6.45, 7) is 0.551. The lowest BCUT2D eigenvalue weighted by atomic mass is 10.2. The molecule has 2 rings (SSSR count). The first-order valence-corrected chi connectivity index (χ1v) is 7.18. The van der Waals surface area contributed by atoms with E-state index in [-0.39, 0.29) is 29.0 Å². The SMILES string of the molecule is CNC(=O)NC(=N)N(CC1CC1)c1ccc(C(=O)O)cc1Cl.Cl. The summed E-state index contributed by atoms with van der Waals surface area (Å²) >= 11 is 6.16. The number of nitrogens with zero attached hydrogens (tertiary/aromatic N) is 1. The average molecular weight is 361 g/mol. The summed E-state index contributed by atoms with van der Waals surface area (Å²) in [5, 5.41) is 22.0. The Morgan fingerprint density at radius 2 is 2.09 bits per heavy atom. The zero-order valence-corrected chi connectivity index (χ0v) is 14.0. The number of urea groups is 1. The van der Waals surface area contributed by atoms with E-state index in [2.05, 4.69) is 10.6 Å². The number of aromatic carboxylic acids is 1. The number of nitrogens with one attached hydrogen (secondary N) is 3. The number of carboxylic acid groups (broad SMARTS) is 1. The van der Waals surface area contributed by atoms with Crippen LogP contribution < -0.4 is 15.5 Å². The number of rotatable bonds is 4. The number of benzene rings is 1. The maximum Gasteiger partial charge on any atom is 0.335 e. The first-order valence-electron chi connectivity index (χ1n) is 6.80. The van der Waals surface area contributed by atoms with Crippen LogP contribution in [0.4, 0.5) is 10.5 Å². The van der Waals surface area contributed by atoms with Crippen molar-refractivity contribution in [1.29, 1.82) is 5.41 Å². The van der Waals surface area contributed by atoms with Crippen molar-refractivity contribution in [2.24, 2.45) is 5.92 Å². The van der Waals surface area contributed by atoms with Gasteiger partial charge in [0.05, 0.1) is 16.3 Å². The lowest BCUT2D eigenvalue weighted by molar-refractivity contribution is 0.0697. The molecule has 126 valence electrons. The second kappa shape index (κ2) is 8.03. The van der Waals surface area contributed by atoms with Crippen LogP contribution in [0.15, 0.2) is 18.2 Å². The highest BCUT2D eigenvalue weighted by Gasteiger charge is 2.28. The number of halogens is 2. The van der Waals surface area contributed by atoms with Gasteiger partial charge in [-0.15, -0.1) is 12.4 Å². The first-order chi connectivity index (χ1) is 10.4. The molecule has 1 aromatic rings. The Kier molecular flexibility index (Phi) is 6.65. The Morgan fingerprint density at radius 1 is 1.43 bits per heavy atom. The van der Waals surface area contributed by atoms with E-state index in [4.69, 9.17) is 22.1 Å². The Morgan fingerprint density at radius 3 is 2.57 bits per heavy atom. The van der Waals surface area contributed by atoms with Gasteiger partial charge in [0.25, 0.3) is 0 Å². The van der Waals surface area contributed by atoms with Crippen LogP contribution in [0, 0.1) is 11.3 Å². The van der Waals surface area contributed by atoms with E-state index in [1.807, 2.05) is 0 Å². The number of carbonyl (C=O) groups excluding carboxylic acids is 1. The number of guanidine groups is 1. The molecule has 0 heterocycles. The third-order valence-electron chi connectivity index (χ3n) is 3.35. The molecule has 23 heavy (non-hydrogen) atoms. The van der Waals surface area contributed by atoms with Crippen LogP contribution in [-0.2, 0) is 0 Å². The molecule has 1 aliphatic rings. The van der Waals surface area contributed by atoms with Crippen molar-refractivity contribution < 1.29 is 14.7 Å². The average Bonchev–Trinajstić information content (AvgIpc) is 3.28. The molecule has 1 fully saturated rings. The molecule has 0 spiro atoms. The smallest absolute Gasteiger partial charge is 0.335 e. The Labute approximate surface area is 144 Å². The standard InChI is InChI=1S/C14H17ClN4O3.ClH/c1-17-14(22)18-13(16)19(7-8-2-3-8)11-5-4-9(12(20)21)6-10(11)15;/h4-6,8H,2-3,7H2,1H3,(H,20,21)(H3,16,17,18,22);1H. The van der Waals surface area contributed by atoms with Gasteiger partial charge in [0, 0.05) is 13.6 Å². The Hall–Kier alpha value is -1.99. The van der Waals surface area contributed by atoms with Gasteiger partial charge in [-0.3, -0.25) is 10.7 Å². The second-order valence-electron chi connectivity index (χ2n) is 5.08. The number of amides is 2. The number of carboxylic acids is 1. The molecule has 1 saturated carbocycles. The fourth-order valence-corrected chi connectivity index (χ4v) is 2.25. The summed E-state index contributed by atoms with van der Waals surface area (Å²) < 4.78 is 0. The van der Waals surface area contributed by atoms with Crippen molar-refractivity contribution in [1.82, 2.24) is 10.6 Å². The highest BCUT2D eigenvalue weighted by Crippen LogP contribution is 2.34. The van der Waals surface area contributed by atoms with Crippen molar-refractivity contribution >= 4 is 47.7 Å². The molecule has 1 aliphatic carbocycles. The molecule has 4 N–H and O–H groups in total. The van der Waals surface area contributed by atoms with Gasteiger partial charge in [0.1, 0.15) is 0 Å². The minimum absolute atomic E-state index is 0. The van der Waals surface area contributed by atoms with Gasteiger partial charge >= 0.3 is 12.0 Å². The highest BCUT2D eigenvalue weighted by molar-refractivity contribution is 6.34. The molecule has 0 saturated heterocycles. The molecule has 0 atom stereocenters. The van der Waals surface area contributed by atoms with Crippen molar-refractivity contribution in [2.45, 2.75) is 12.8 Å². The summed E-state index contributed by atoms with van der Waals surface area (Å²) in [7, 11) is 1.46. The van der Waals surface area contributed by atoms with Crippen LogP contribution in [0.5, 0.6) is 0 Å². The van der Waals surface area contributed by atoms with Crippen molar-refractivity contribution in [3.05, 3.63) is 28.8 Å². The zero-order valence-electron chi connectivity index (χ0n) is 12.4. The fraction of sp³-hybridized carbons (Fsp3) is 0.357. The molecule has 7 nitrogen and oxygen atoms in total. The van der Waals surface area contributed by atoms with Gasteiger partial charge in [-0.2, -0.15) is 0 Å². The number of hydrogen-bond acceptors (Lipinski definition) is 3. The molecular weight excluding hydrogens is 343 g/mol. The summed E-state index contributed by atoms with van der Waals surface area (Å²) in [5.74, 6) is -0.723. The molecule has 0 unspecified atom stereocenters. The summed E-state index contributed by atoms with van der Waals surface area (Å²) in [4.78, 5) is 23.9. The van der Waals surface area contributed by atoms with E-state index in [9.17, 15) is 9.59 Å². The number of carbonyl (C=O) groups is 2. The van der Waals surface area contributed by atoms with E-state index in [0.717, 1.165) is 12.8 Å². The fourth-order valence-electron chi connectivity index (χ4n) is 1.97. The third-order valence-corrected chi connectivity index (χ3v) is 3.65. The Bertz CT molecular complexity index is 620. The molecule has 0 bridgehead atoms. The van der Waals surface area contributed by atoms with E-state index >= 15 is 0 Å². The van der Waals surface area contributed by atoms with E-state index in [1.165, 1.54) is 19.2 Å². The molecule has 0 radical (unpaired) electrons. The predicted octanol–water partition coefficient (Wildman–Crippen LogP) is 2.54. The van der Waals surface area contributed by atoms with E-state index in [1.54, 1.807) is 11.0 Å².